The highest BCUT2D eigenvalue weighted by Gasteiger charge is 2.32. The van der Waals surface area contributed by atoms with Crippen molar-refractivity contribution >= 4 is 35.1 Å². The average Bonchev–Trinajstić information content (AvgIpc) is 3.25. The molecule has 31 heavy (non-hydrogen) atoms. The number of rotatable bonds is 5. The van der Waals surface area contributed by atoms with Gasteiger partial charge in [-0.15, -0.1) is 0 Å². The predicted octanol–water partition coefficient (Wildman–Crippen LogP) is 5.65. The molecule has 1 aliphatic heterocycles. The maximum atomic E-state index is 13.1. The molecule has 1 N–H and O–H groups in total. The molecule has 0 aliphatic carbocycles. The molecule has 0 saturated carbocycles. The molecule has 0 radical (unpaired) electrons. The highest BCUT2D eigenvalue weighted by Crippen LogP contribution is 2.33. The number of hydrogen-bond donors (Lipinski definition) is 1. The van der Waals surface area contributed by atoms with Crippen molar-refractivity contribution in [3.05, 3.63) is 98.8 Å². The van der Waals surface area contributed by atoms with E-state index in [-0.39, 0.29) is 17.5 Å². The van der Waals surface area contributed by atoms with Gasteiger partial charge in [-0.2, -0.15) is 0 Å². The molecule has 0 spiro atoms. The number of aromatic nitrogens is 1. The lowest BCUT2D eigenvalue weighted by Gasteiger charge is -2.25. The second-order valence-corrected chi connectivity index (χ2v) is 8.38. The number of halogens is 2. The number of likely N-dealkylation sites (tertiary alicyclic amines) is 1. The van der Waals surface area contributed by atoms with E-state index in [2.05, 4.69) is 0 Å². The molecule has 1 aliphatic rings. The molecule has 7 heteroatoms. The summed E-state index contributed by atoms with van der Waals surface area (Å²) >= 11 is 11.9. The monoisotopic (exact) mass is 454 g/mol. The van der Waals surface area contributed by atoms with E-state index in [0.717, 1.165) is 18.4 Å². The minimum absolute atomic E-state index is 0.0810. The summed E-state index contributed by atoms with van der Waals surface area (Å²) in [4.78, 5) is 31.3. The Morgan fingerprint density at radius 3 is 2.26 bits per heavy atom. The summed E-state index contributed by atoms with van der Waals surface area (Å²) in [6.07, 6.45) is 2.00. The van der Waals surface area contributed by atoms with Gasteiger partial charge >= 0.3 is 5.97 Å². The third-order valence-corrected chi connectivity index (χ3v) is 5.96. The van der Waals surface area contributed by atoms with Gasteiger partial charge in [-0.25, -0.2) is 4.79 Å². The summed E-state index contributed by atoms with van der Waals surface area (Å²) in [6, 6.07) is 17.2. The summed E-state index contributed by atoms with van der Waals surface area (Å²) in [5.74, 6) is -1.11. The maximum Gasteiger partial charge on any atom is 0.337 e. The first-order valence-corrected chi connectivity index (χ1v) is 10.7. The van der Waals surface area contributed by atoms with Crippen LogP contribution in [0.5, 0.6) is 0 Å². The highest BCUT2D eigenvalue weighted by atomic mass is 35.5. The number of hydrogen-bond acceptors (Lipinski definition) is 3. The fourth-order valence-electron chi connectivity index (χ4n) is 3.90. The third kappa shape index (κ3) is 4.73. The summed E-state index contributed by atoms with van der Waals surface area (Å²) in [5, 5.41) is 10.8. The van der Waals surface area contributed by atoms with Gasteiger partial charge in [0.25, 0.3) is 5.91 Å². The van der Waals surface area contributed by atoms with Gasteiger partial charge in [-0.05, 0) is 66.9 Å². The van der Waals surface area contributed by atoms with E-state index in [1.165, 1.54) is 0 Å². The number of carbonyl (C=O) groups excluding carboxylic acids is 1. The van der Waals surface area contributed by atoms with Crippen LogP contribution < -0.4 is 0 Å². The van der Waals surface area contributed by atoms with Crippen LogP contribution >= 0.6 is 23.2 Å². The SMILES string of the molecule is O=C(O)c1ccc(C2CCCN2C(=O)c2ccc(Cl)cc2)nc1Cc1ccc(Cl)cc1. The number of carboxylic acids is 1. The van der Waals surface area contributed by atoms with Crippen LogP contribution in [0.3, 0.4) is 0 Å². The topological polar surface area (TPSA) is 70.5 Å². The largest absolute Gasteiger partial charge is 0.478 e. The third-order valence-electron chi connectivity index (χ3n) is 5.46. The van der Waals surface area contributed by atoms with Crippen molar-refractivity contribution in [2.45, 2.75) is 25.3 Å². The van der Waals surface area contributed by atoms with Crippen LogP contribution in [0.1, 0.15) is 56.6 Å². The molecule has 2 heterocycles. The van der Waals surface area contributed by atoms with Crippen LogP contribution in [0, 0.1) is 0 Å². The molecule has 1 saturated heterocycles. The number of nitrogens with zero attached hydrogens (tertiary/aromatic N) is 2. The van der Waals surface area contributed by atoms with E-state index in [4.69, 9.17) is 28.2 Å². The second kappa shape index (κ2) is 9.08. The molecule has 3 aromatic rings. The first-order chi connectivity index (χ1) is 14.9. The summed E-state index contributed by atoms with van der Waals surface area (Å²) in [7, 11) is 0. The molecule has 4 rings (SSSR count). The van der Waals surface area contributed by atoms with Crippen LogP contribution in [0.25, 0.3) is 0 Å². The average molecular weight is 455 g/mol. The lowest BCUT2D eigenvalue weighted by atomic mass is 10.0. The Hall–Kier alpha value is -2.89. The van der Waals surface area contributed by atoms with Crippen molar-refractivity contribution in [3.63, 3.8) is 0 Å². The Bertz CT molecular complexity index is 1110. The fraction of sp³-hybridized carbons (Fsp3) is 0.208. The van der Waals surface area contributed by atoms with Crippen molar-refractivity contribution < 1.29 is 14.7 Å². The van der Waals surface area contributed by atoms with E-state index >= 15 is 0 Å². The fourth-order valence-corrected chi connectivity index (χ4v) is 4.16. The Labute approximate surface area is 190 Å². The van der Waals surface area contributed by atoms with Crippen molar-refractivity contribution in [2.75, 3.05) is 6.54 Å². The molecule has 1 atom stereocenters. The van der Waals surface area contributed by atoms with Crippen molar-refractivity contribution in [1.82, 2.24) is 9.88 Å². The molecular formula is C24H20Cl2N2O3. The maximum absolute atomic E-state index is 13.1. The van der Waals surface area contributed by atoms with Crippen LogP contribution in [-0.4, -0.2) is 33.4 Å². The minimum Gasteiger partial charge on any atom is -0.478 e. The van der Waals surface area contributed by atoms with Crippen molar-refractivity contribution in [3.8, 4) is 0 Å². The van der Waals surface area contributed by atoms with Gasteiger partial charge in [-0.1, -0.05) is 35.3 Å². The van der Waals surface area contributed by atoms with Crippen LogP contribution in [0.15, 0.2) is 60.7 Å². The quantitative estimate of drug-likeness (QED) is 0.540. The van der Waals surface area contributed by atoms with E-state index in [1.807, 2.05) is 12.1 Å². The number of benzene rings is 2. The Balaban J connectivity index is 1.64. The van der Waals surface area contributed by atoms with Gasteiger partial charge in [0.15, 0.2) is 0 Å². The lowest BCUT2D eigenvalue weighted by molar-refractivity contribution is 0.0690. The van der Waals surface area contributed by atoms with E-state index in [9.17, 15) is 14.7 Å². The zero-order valence-electron chi connectivity index (χ0n) is 16.6. The van der Waals surface area contributed by atoms with Gasteiger partial charge < -0.3 is 10.0 Å². The molecule has 2 aromatic carbocycles. The van der Waals surface area contributed by atoms with Gasteiger partial charge in [0.05, 0.1) is 23.0 Å². The summed E-state index contributed by atoms with van der Waals surface area (Å²) < 4.78 is 0. The van der Waals surface area contributed by atoms with Gasteiger partial charge in [0, 0.05) is 28.6 Å². The molecule has 5 nitrogen and oxygen atoms in total. The van der Waals surface area contributed by atoms with E-state index < -0.39 is 5.97 Å². The molecular weight excluding hydrogens is 435 g/mol. The van der Waals surface area contributed by atoms with Crippen LogP contribution in [0.4, 0.5) is 0 Å². The van der Waals surface area contributed by atoms with E-state index in [0.29, 0.717) is 40.0 Å². The summed E-state index contributed by atoms with van der Waals surface area (Å²) in [6.45, 7) is 0.626. The Morgan fingerprint density at radius 1 is 0.968 bits per heavy atom. The first-order valence-electron chi connectivity index (χ1n) is 9.96. The number of aromatic carboxylic acids is 1. The molecule has 1 amide bonds. The van der Waals surface area contributed by atoms with Gasteiger partial charge in [0.2, 0.25) is 0 Å². The lowest BCUT2D eigenvalue weighted by Crippen LogP contribution is -2.31. The number of pyridine rings is 1. The van der Waals surface area contributed by atoms with Crippen LogP contribution in [0.2, 0.25) is 10.0 Å². The zero-order valence-corrected chi connectivity index (χ0v) is 18.1. The van der Waals surface area contributed by atoms with Crippen LogP contribution in [-0.2, 0) is 6.42 Å². The first kappa shape index (κ1) is 21.3. The molecule has 158 valence electrons. The normalized spacial score (nSPS) is 15.8. The Kier molecular flexibility index (Phi) is 6.25. The zero-order chi connectivity index (χ0) is 22.0. The molecule has 0 bridgehead atoms. The minimum atomic E-state index is -1.02. The van der Waals surface area contributed by atoms with Gasteiger partial charge in [-0.3, -0.25) is 9.78 Å². The predicted molar refractivity (Wildman–Crippen MR) is 120 cm³/mol. The van der Waals surface area contributed by atoms with E-state index in [1.54, 1.807) is 53.4 Å². The van der Waals surface area contributed by atoms with Crippen molar-refractivity contribution in [1.29, 1.82) is 0 Å². The summed E-state index contributed by atoms with van der Waals surface area (Å²) in [5.41, 5.74) is 2.82. The standard InChI is InChI=1S/C24H20Cl2N2O3/c25-17-7-3-15(4-8-17)14-21-19(24(30)31)11-12-20(27-21)22-2-1-13-28(22)23(29)16-5-9-18(26)10-6-16/h3-12,22H,1-2,13-14H2,(H,30,31). The highest BCUT2D eigenvalue weighted by molar-refractivity contribution is 6.30. The second-order valence-electron chi connectivity index (χ2n) is 7.50. The van der Waals surface area contributed by atoms with Gasteiger partial charge in [0.1, 0.15) is 0 Å². The number of amides is 1. The molecule has 1 unspecified atom stereocenters. The molecule has 1 aromatic heterocycles. The smallest absolute Gasteiger partial charge is 0.337 e. The number of carbonyl (C=O) groups is 2. The Morgan fingerprint density at radius 2 is 1.61 bits per heavy atom. The van der Waals surface area contributed by atoms with Crippen molar-refractivity contribution in [2.24, 2.45) is 0 Å². The number of carboxylic acid groups (broad SMARTS) is 1. The molecule has 1 fully saturated rings.